The molecule has 2 aromatic rings. The van der Waals surface area contributed by atoms with Gasteiger partial charge in [-0.1, -0.05) is 0 Å². The average Bonchev–Trinajstić information content (AvgIpc) is 2.38. The van der Waals surface area contributed by atoms with Crippen LogP contribution in [0.4, 0.5) is 11.6 Å². The van der Waals surface area contributed by atoms with E-state index in [-0.39, 0.29) is 12.2 Å². The van der Waals surface area contributed by atoms with Gasteiger partial charge in [-0.25, -0.2) is 4.98 Å². The number of nitrogens with zero attached hydrogens (tertiary/aromatic N) is 2. The van der Waals surface area contributed by atoms with Gasteiger partial charge in [0.2, 0.25) is 5.95 Å². The summed E-state index contributed by atoms with van der Waals surface area (Å²) in [6.07, 6.45) is 0. The fraction of sp³-hybridized carbons (Fsp3) is 0.385. The van der Waals surface area contributed by atoms with E-state index in [1.54, 1.807) is 30.1 Å². The molecule has 0 atom stereocenters. The lowest BCUT2D eigenvalue weighted by Gasteiger charge is -2.34. The molecule has 0 saturated carbocycles. The van der Waals surface area contributed by atoms with Crippen LogP contribution in [0.2, 0.25) is 0 Å². The van der Waals surface area contributed by atoms with Crippen LogP contribution < -0.4 is 16.2 Å². The van der Waals surface area contributed by atoms with Crippen molar-refractivity contribution in [3.05, 3.63) is 28.6 Å². The van der Waals surface area contributed by atoms with E-state index in [1.807, 2.05) is 13.8 Å². The summed E-state index contributed by atoms with van der Waals surface area (Å²) in [5, 5.41) is 9.82. The molecule has 6 nitrogen and oxygen atoms in total. The fourth-order valence-corrected chi connectivity index (χ4v) is 1.70. The molecule has 0 spiro atoms. The standard InChI is InChI=1S/C13H18N4O2/c1-13(2,7-18)17(3)12-15-10-5-4-8(14)6-9(10)11(19)16-12/h4-6,18H,7,14H2,1-3H3,(H,15,16,19). The molecular formula is C13H18N4O2. The van der Waals surface area contributed by atoms with Crippen molar-refractivity contribution in [1.29, 1.82) is 0 Å². The zero-order chi connectivity index (χ0) is 14.2. The van der Waals surface area contributed by atoms with Crippen molar-refractivity contribution < 1.29 is 5.11 Å². The second kappa shape index (κ2) is 4.55. The second-order valence-electron chi connectivity index (χ2n) is 5.20. The van der Waals surface area contributed by atoms with Crippen molar-refractivity contribution in [2.24, 2.45) is 0 Å². The van der Waals surface area contributed by atoms with Gasteiger partial charge in [0.15, 0.2) is 0 Å². The Kier molecular flexibility index (Phi) is 3.20. The number of rotatable bonds is 3. The van der Waals surface area contributed by atoms with Gasteiger partial charge in [0.25, 0.3) is 5.56 Å². The molecule has 0 radical (unpaired) electrons. The van der Waals surface area contributed by atoms with E-state index in [9.17, 15) is 9.90 Å². The summed E-state index contributed by atoms with van der Waals surface area (Å²) in [7, 11) is 1.78. The number of aromatic amines is 1. The SMILES string of the molecule is CN(c1nc2ccc(N)cc2c(=O)[nH]1)C(C)(C)CO. The van der Waals surface area contributed by atoms with E-state index in [2.05, 4.69) is 9.97 Å². The summed E-state index contributed by atoms with van der Waals surface area (Å²) in [5.41, 5.74) is 6.00. The third kappa shape index (κ3) is 2.39. The quantitative estimate of drug-likeness (QED) is 0.708. The molecule has 19 heavy (non-hydrogen) atoms. The Morgan fingerprint density at radius 2 is 2.16 bits per heavy atom. The number of nitrogen functional groups attached to an aromatic ring is 1. The van der Waals surface area contributed by atoms with Gasteiger partial charge < -0.3 is 15.7 Å². The maximum Gasteiger partial charge on any atom is 0.260 e. The third-order valence-corrected chi connectivity index (χ3v) is 3.33. The molecule has 0 aliphatic carbocycles. The van der Waals surface area contributed by atoms with E-state index >= 15 is 0 Å². The van der Waals surface area contributed by atoms with Gasteiger partial charge in [-0.2, -0.15) is 0 Å². The molecule has 4 N–H and O–H groups in total. The van der Waals surface area contributed by atoms with E-state index in [1.165, 1.54) is 0 Å². The number of benzene rings is 1. The van der Waals surface area contributed by atoms with Crippen molar-refractivity contribution in [3.63, 3.8) is 0 Å². The predicted molar refractivity (Wildman–Crippen MR) is 76.3 cm³/mol. The number of H-pyrrole nitrogens is 1. The fourth-order valence-electron chi connectivity index (χ4n) is 1.70. The maximum atomic E-state index is 12.0. The lowest BCUT2D eigenvalue weighted by Crippen LogP contribution is -2.45. The Hall–Kier alpha value is -2.08. The number of hydrogen-bond donors (Lipinski definition) is 3. The van der Waals surface area contributed by atoms with E-state index in [0.29, 0.717) is 22.5 Å². The Labute approximate surface area is 110 Å². The van der Waals surface area contributed by atoms with E-state index < -0.39 is 5.54 Å². The first kappa shape index (κ1) is 13.4. The van der Waals surface area contributed by atoms with Gasteiger partial charge in [0.1, 0.15) is 0 Å². The van der Waals surface area contributed by atoms with Crippen molar-refractivity contribution in [1.82, 2.24) is 9.97 Å². The molecule has 1 aromatic heterocycles. The lowest BCUT2D eigenvalue weighted by molar-refractivity contribution is 0.215. The van der Waals surface area contributed by atoms with Crippen molar-refractivity contribution >= 4 is 22.5 Å². The van der Waals surface area contributed by atoms with Crippen LogP contribution in [0.3, 0.4) is 0 Å². The van der Waals surface area contributed by atoms with Crippen LogP contribution in [0, 0.1) is 0 Å². The monoisotopic (exact) mass is 262 g/mol. The van der Waals surface area contributed by atoms with Crippen LogP contribution in [-0.2, 0) is 0 Å². The second-order valence-corrected chi connectivity index (χ2v) is 5.20. The summed E-state index contributed by atoms with van der Waals surface area (Å²) in [6, 6.07) is 5.01. The van der Waals surface area contributed by atoms with Crippen molar-refractivity contribution in [3.8, 4) is 0 Å². The number of aromatic nitrogens is 2. The number of nitrogens with two attached hydrogens (primary N) is 1. The number of likely N-dealkylation sites (N-methyl/N-ethyl adjacent to an activating group) is 1. The van der Waals surface area contributed by atoms with Gasteiger partial charge >= 0.3 is 0 Å². The highest BCUT2D eigenvalue weighted by Crippen LogP contribution is 2.19. The third-order valence-electron chi connectivity index (χ3n) is 3.33. The van der Waals surface area contributed by atoms with Crippen LogP contribution >= 0.6 is 0 Å². The predicted octanol–water partition coefficient (Wildman–Crippen LogP) is 0.712. The van der Waals surface area contributed by atoms with Gasteiger partial charge in [-0.3, -0.25) is 9.78 Å². The van der Waals surface area contributed by atoms with Crippen LogP contribution in [-0.4, -0.2) is 34.3 Å². The van der Waals surface area contributed by atoms with Crippen molar-refractivity contribution in [2.75, 3.05) is 24.3 Å². The first-order valence-electron chi connectivity index (χ1n) is 5.99. The summed E-state index contributed by atoms with van der Waals surface area (Å²) in [5.74, 6) is 0.418. The molecular weight excluding hydrogens is 244 g/mol. The molecule has 6 heteroatoms. The highest BCUT2D eigenvalue weighted by Gasteiger charge is 2.24. The summed E-state index contributed by atoms with van der Waals surface area (Å²) < 4.78 is 0. The maximum absolute atomic E-state index is 12.0. The van der Waals surface area contributed by atoms with Gasteiger partial charge in [-0.15, -0.1) is 0 Å². The van der Waals surface area contributed by atoms with Crippen LogP contribution in [0.15, 0.2) is 23.0 Å². The molecule has 0 saturated heterocycles. The first-order chi connectivity index (χ1) is 8.85. The summed E-state index contributed by atoms with van der Waals surface area (Å²) >= 11 is 0. The molecule has 1 heterocycles. The van der Waals surface area contributed by atoms with Crippen LogP contribution in [0.5, 0.6) is 0 Å². The summed E-state index contributed by atoms with van der Waals surface area (Å²) in [4.78, 5) is 20.9. The first-order valence-corrected chi connectivity index (χ1v) is 5.99. The minimum Gasteiger partial charge on any atom is -0.399 e. The topological polar surface area (TPSA) is 95.2 Å². The van der Waals surface area contributed by atoms with E-state index in [4.69, 9.17) is 5.73 Å². The molecule has 0 aliphatic rings. The summed E-state index contributed by atoms with van der Waals surface area (Å²) in [6.45, 7) is 3.67. The number of fused-ring (bicyclic) bond motifs is 1. The highest BCUT2D eigenvalue weighted by atomic mass is 16.3. The Morgan fingerprint density at radius 3 is 2.79 bits per heavy atom. The minimum atomic E-state index is -0.516. The van der Waals surface area contributed by atoms with Crippen molar-refractivity contribution in [2.45, 2.75) is 19.4 Å². The Balaban J connectivity index is 2.59. The molecule has 1 aromatic carbocycles. The number of nitrogens with one attached hydrogen (secondary N) is 1. The molecule has 0 fully saturated rings. The smallest absolute Gasteiger partial charge is 0.260 e. The Morgan fingerprint density at radius 1 is 1.47 bits per heavy atom. The zero-order valence-corrected chi connectivity index (χ0v) is 11.3. The zero-order valence-electron chi connectivity index (χ0n) is 11.3. The normalized spacial score (nSPS) is 11.8. The minimum absolute atomic E-state index is 0.0486. The van der Waals surface area contributed by atoms with Gasteiger partial charge in [-0.05, 0) is 32.0 Å². The number of hydrogen-bond acceptors (Lipinski definition) is 5. The van der Waals surface area contributed by atoms with Crippen LogP contribution in [0.1, 0.15) is 13.8 Å². The largest absolute Gasteiger partial charge is 0.399 e. The van der Waals surface area contributed by atoms with Crippen LogP contribution in [0.25, 0.3) is 10.9 Å². The van der Waals surface area contributed by atoms with Gasteiger partial charge in [0, 0.05) is 12.7 Å². The van der Waals surface area contributed by atoms with E-state index in [0.717, 1.165) is 0 Å². The number of aliphatic hydroxyl groups excluding tert-OH is 1. The Bertz CT molecular complexity index is 663. The molecule has 0 aliphatic heterocycles. The lowest BCUT2D eigenvalue weighted by atomic mass is 10.1. The average molecular weight is 262 g/mol. The molecule has 102 valence electrons. The molecule has 0 bridgehead atoms. The molecule has 2 rings (SSSR count). The van der Waals surface area contributed by atoms with Gasteiger partial charge in [0.05, 0.1) is 23.0 Å². The molecule has 0 amide bonds. The highest BCUT2D eigenvalue weighted by molar-refractivity contribution is 5.81. The molecule has 0 unspecified atom stereocenters. The number of anilines is 2. The number of aliphatic hydroxyl groups is 1.